The molecule has 1 unspecified atom stereocenters. The molecule has 0 bridgehead atoms. The molecule has 1 atom stereocenters. The van der Waals surface area contributed by atoms with E-state index in [0.29, 0.717) is 19.3 Å². The third-order valence-electron chi connectivity index (χ3n) is 3.34. The molecule has 1 rings (SSSR count). The number of ether oxygens (including phenoxy) is 2. The molecule has 0 radical (unpaired) electrons. The van der Waals surface area contributed by atoms with Crippen LogP contribution in [0.4, 0.5) is 5.69 Å². The summed E-state index contributed by atoms with van der Waals surface area (Å²) in [6.45, 7) is 8.37. The van der Waals surface area contributed by atoms with E-state index in [-0.39, 0.29) is 0 Å². The first-order valence-corrected chi connectivity index (χ1v) is 7.63. The van der Waals surface area contributed by atoms with Crippen molar-refractivity contribution < 1.29 is 9.47 Å². The maximum Gasteiger partial charge on any atom is 0.0663 e. The SMILES string of the molecule is CCCNCc1cc(N(CCOC)C(C)COC)ccn1. The third-order valence-corrected chi connectivity index (χ3v) is 3.34. The average molecular weight is 295 g/mol. The van der Waals surface area contributed by atoms with Crippen molar-refractivity contribution in [1.29, 1.82) is 0 Å². The molecule has 1 heterocycles. The number of hydrogen-bond acceptors (Lipinski definition) is 5. The molecular weight excluding hydrogens is 266 g/mol. The molecule has 0 aromatic carbocycles. The second kappa shape index (κ2) is 10.5. The van der Waals surface area contributed by atoms with E-state index in [1.165, 1.54) is 5.69 Å². The van der Waals surface area contributed by atoms with E-state index in [2.05, 4.69) is 35.1 Å². The molecule has 0 amide bonds. The summed E-state index contributed by atoms with van der Waals surface area (Å²) in [6.07, 6.45) is 3.00. The highest BCUT2D eigenvalue weighted by Crippen LogP contribution is 2.17. The lowest BCUT2D eigenvalue weighted by Crippen LogP contribution is -2.38. The molecule has 0 spiro atoms. The maximum atomic E-state index is 5.29. The van der Waals surface area contributed by atoms with Gasteiger partial charge in [0.05, 0.1) is 18.9 Å². The van der Waals surface area contributed by atoms with Crippen molar-refractivity contribution in [2.45, 2.75) is 32.9 Å². The molecule has 0 aliphatic rings. The first-order chi connectivity index (χ1) is 10.2. The van der Waals surface area contributed by atoms with Crippen molar-refractivity contribution in [1.82, 2.24) is 10.3 Å². The molecule has 1 aromatic heterocycles. The van der Waals surface area contributed by atoms with Gasteiger partial charge in [0.2, 0.25) is 0 Å². The van der Waals surface area contributed by atoms with Crippen LogP contribution >= 0.6 is 0 Å². The Hall–Kier alpha value is -1.17. The van der Waals surface area contributed by atoms with Gasteiger partial charge in [0.1, 0.15) is 0 Å². The largest absolute Gasteiger partial charge is 0.383 e. The minimum absolute atomic E-state index is 0.295. The van der Waals surface area contributed by atoms with Crippen LogP contribution in [0.15, 0.2) is 18.3 Å². The zero-order chi connectivity index (χ0) is 15.5. The summed E-state index contributed by atoms with van der Waals surface area (Å²) in [5, 5.41) is 3.38. The van der Waals surface area contributed by atoms with Crippen LogP contribution in [0.2, 0.25) is 0 Å². The Bertz CT molecular complexity index is 388. The van der Waals surface area contributed by atoms with E-state index in [0.717, 1.165) is 31.7 Å². The van der Waals surface area contributed by atoms with Crippen LogP contribution in [-0.2, 0) is 16.0 Å². The molecule has 1 aromatic rings. The fourth-order valence-corrected chi connectivity index (χ4v) is 2.26. The molecule has 0 aliphatic carbocycles. The molecule has 0 aliphatic heterocycles. The van der Waals surface area contributed by atoms with Gasteiger partial charge in [0.15, 0.2) is 0 Å². The summed E-state index contributed by atoms with van der Waals surface area (Å²) in [5.41, 5.74) is 2.23. The van der Waals surface area contributed by atoms with Crippen LogP contribution < -0.4 is 10.2 Å². The summed E-state index contributed by atoms with van der Waals surface area (Å²) in [6, 6.07) is 4.49. The van der Waals surface area contributed by atoms with Gasteiger partial charge >= 0.3 is 0 Å². The fourth-order valence-electron chi connectivity index (χ4n) is 2.26. The summed E-state index contributed by atoms with van der Waals surface area (Å²) in [5.74, 6) is 0. The highest BCUT2D eigenvalue weighted by molar-refractivity contribution is 5.47. The Kier molecular flexibility index (Phi) is 8.98. The number of aromatic nitrogens is 1. The molecule has 120 valence electrons. The lowest BCUT2D eigenvalue weighted by atomic mass is 10.2. The van der Waals surface area contributed by atoms with Crippen LogP contribution in [0, 0.1) is 0 Å². The maximum absolute atomic E-state index is 5.29. The summed E-state index contributed by atoms with van der Waals surface area (Å²) in [7, 11) is 3.46. The predicted molar refractivity (Wildman–Crippen MR) is 86.8 cm³/mol. The lowest BCUT2D eigenvalue weighted by Gasteiger charge is -2.31. The lowest BCUT2D eigenvalue weighted by molar-refractivity contribution is 0.171. The van der Waals surface area contributed by atoms with Gasteiger partial charge in [0, 0.05) is 45.2 Å². The van der Waals surface area contributed by atoms with Crippen LogP contribution in [-0.4, -0.2) is 51.5 Å². The van der Waals surface area contributed by atoms with Gasteiger partial charge in [-0.15, -0.1) is 0 Å². The topological polar surface area (TPSA) is 46.6 Å². The Balaban J connectivity index is 2.77. The van der Waals surface area contributed by atoms with Crippen LogP contribution in [0.5, 0.6) is 0 Å². The van der Waals surface area contributed by atoms with Crippen LogP contribution in [0.3, 0.4) is 0 Å². The average Bonchev–Trinajstić information content (AvgIpc) is 2.49. The van der Waals surface area contributed by atoms with Gasteiger partial charge in [-0.2, -0.15) is 0 Å². The van der Waals surface area contributed by atoms with E-state index in [4.69, 9.17) is 9.47 Å². The smallest absolute Gasteiger partial charge is 0.0663 e. The van der Waals surface area contributed by atoms with Gasteiger partial charge in [-0.25, -0.2) is 0 Å². The monoisotopic (exact) mass is 295 g/mol. The second-order valence-electron chi connectivity index (χ2n) is 5.17. The molecule has 0 saturated carbocycles. The number of anilines is 1. The Labute approximate surface area is 128 Å². The third kappa shape index (κ3) is 6.42. The van der Waals surface area contributed by atoms with Crippen molar-refractivity contribution in [2.24, 2.45) is 0 Å². The zero-order valence-corrected chi connectivity index (χ0v) is 13.8. The van der Waals surface area contributed by atoms with E-state index in [1.54, 1.807) is 14.2 Å². The first-order valence-electron chi connectivity index (χ1n) is 7.63. The summed E-state index contributed by atoms with van der Waals surface area (Å²) in [4.78, 5) is 6.73. The minimum atomic E-state index is 0.295. The number of nitrogens with one attached hydrogen (secondary N) is 1. The fraction of sp³-hybridized carbons (Fsp3) is 0.688. The molecular formula is C16H29N3O2. The van der Waals surface area contributed by atoms with Crippen molar-refractivity contribution >= 4 is 5.69 Å². The minimum Gasteiger partial charge on any atom is -0.383 e. The van der Waals surface area contributed by atoms with E-state index in [1.807, 2.05) is 12.3 Å². The van der Waals surface area contributed by atoms with Gasteiger partial charge < -0.3 is 19.7 Å². The summed E-state index contributed by atoms with van der Waals surface area (Å²) < 4.78 is 10.5. The van der Waals surface area contributed by atoms with Crippen molar-refractivity contribution in [3.8, 4) is 0 Å². The number of pyridine rings is 1. The first kappa shape index (κ1) is 17.9. The number of methoxy groups -OCH3 is 2. The summed E-state index contributed by atoms with van der Waals surface area (Å²) >= 11 is 0. The Morgan fingerprint density at radius 3 is 2.81 bits per heavy atom. The van der Waals surface area contributed by atoms with Crippen molar-refractivity contribution in [2.75, 3.05) is 45.4 Å². The van der Waals surface area contributed by atoms with Gasteiger partial charge in [0.25, 0.3) is 0 Å². The highest BCUT2D eigenvalue weighted by atomic mass is 16.5. The van der Waals surface area contributed by atoms with Gasteiger partial charge in [-0.3, -0.25) is 4.98 Å². The Morgan fingerprint density at radius 2 is 2.14 bits per heavy atom. The van der Waals surface area contributed by atoms with Gasteiger partial charge in [-0.05, 0) is 32.0 Å². The van der Waals surface area contributed by atoms with Crippen molar-refractivity contribution in [3.05, 3.63) is 24.0 Å². The predicted octanol–water partition coefficient (Wildman–Crippen LogP) is 2.07. The second-order valence-corrected chi connectivity index (χ2v) is 5.17. The molecule has 0 saturated heterocycles. The quantitative estimate of drug-likeness (QED) is 0.633. The van der Waals surface area contributed by atoms with Gasteiger partial charge in [-0.1, -0.05) is 6.92 Å². The van der Waals surface area contributed by atoms with Crippen LogP contribution in [0.1, 0.15) is 26.0 Å². The van der Waals surface area contributed by atoms with E-state index < -0.39 is 0 Å². The number of nitrogens with zero attached hydrogens (tertiary/aromatic N) is 2. The van der Waals surface area contributed by atoms with Crippen LogP contribution in [0.25, 0.3) is 0 Å². The molecule has 0 fully saturated rings. The normalized spacial score (nSPS) is 12.4. The standard InChI is InChI=1S/C16H29N3O2/c1-5-7-17-12-15-11-16(6-8-18-15)19(9-10-20-3)14(2)13-21-4/h6,8,11,14,17H,5,7,9-10,12-13H2,1-4H3. The molecule has 21 heavy (non-hydrogen) atoms. The Morgan fingerprint density at radius 1 is 1.33 bits per heavy atom. The number of hydrogen-bond donors (Lipinski definition) is 1. The molecule has 1 N–H and O–H groups in total. The number of rotatable bonds is 11. The van der Waals surface area contributed by atoms with E-state index >= 15 is 0 Å². The van der Waals surface area contributed by atoms with Crippen molar-refractivity contribution in [3.63, 3.8) is 0 Å². The highest BCUT2D eigenvalue weighted by Gasteiger charge is 2.14. The van der Waals surface area contributed by atoms with E-state index in [9.17, 15) is 0 Å². The zero-order valence-electron chi connectivity index (χ0n) is 13.8. The molecule has 5 nitrogen and oxygen atoms in total. The molecule has 5 heteroatoms.